The molecule has 20 heavy (non-hydrogen) atoms. The molecule has 0 aliphatic heterocycles. The van der Waals surface area contributed by atoms with Crippen LogP contribution in [0.2, 0.25) is 0 Å². The van der Waals surface area contributed by atoms with Crippen molar-refractivity contribution in [2.45, 2.75) is 0 Å². The average Bonchev–Trinajstić information content (AvgIpc) is 2.49. The summed E-state index contributed by atoms with van der Waals surface area (Å²) < 4.78 is 0. The first-order valence-corrected chi connectivity index (χ1v) is 6.04. The first-order chi connectivity index (χ1) is 9.70. The number of nitrogens with zero attached hydrogens (tertiary/aromatic N) is 1. The van der Waals surface area contributed by atoms with Gasteiger partial charge in [-0.3, -0.25) is 4.79 Å². The molecule has 0 fully saturated rings. The quantitative estimate of drug-likeness (QED) is 0.708. The monoisotopic (exact) mass is 262 g/mol. The van der Waals surface area contributed by atoms with E-state index < -0.39 is 0 Å². The van der Waals surface area contributed by atoms with Crippen molar-refractivity contribution in [2.75, 3.05) is 0 Å². The number of nitrogens with one attached hydrogen (secondary N) is 1. The maximum Gasteiger partial charge on any atom is 0.255 e. The molecule has 0 saturated carbocycles. The van der Waals surface area contributed by atoms with Crippen molar-refractivity contribution in [3.8, 4) is 22.9 Å². The predicted molar refractivity (Wildman–Crippen MR) is 76.4 cm³/mol. The SMILES string of the molecule is N#Cc1ccc(-c2c[nH]c(=O)c3cccc(O)c23)cc1. The number of fused-ring (bicyclic) bond motifs is 1. The van der Waals surface area contributed by atoms with E-state index in [1.807, 2.05) is 0 Å². The summed E-state index contributed by atoms with van der Waals surface area (Å²) >= 11 is 0. The van der Waals surface area contributed by atoms with Crippen LogP contribution >= 0.6 is 0 Å². The topological polar surface area (TPSA) is 76.9 Å². The van der Waals surface area contributed by atoms with Gasteiger partial charge in [0, 0.05) is 17.1 Å². The fraction of sp³-hybridized carbons (Fsp3) is 0. The average molecular weight is 262 g/mol. The van der Waals surface area contributed by atoms with Gasteiger partial charge in [-0.1, -0.05) is 18.2 Å². The number of hydrogen-bond acceptors (Lipinski definition) is 3. The zero-order valence-corrected chi connectivity index (χ0v) is 10.4. The molecule has 0 amide bonds. The van der Waals surface area contributed by atoms with Crippen molar-refractivity contribution >= 4 is 10.8 Å². The minimum atomic E-state index is -0.242. The second-order valence-corrected chi connectivity index (χ2v) is 4.42. The molecule has 0 spiro atoms. The lowest BCUT2D eigenvalue weighted by Crippen LogP contribution is -2.05. The van der Waals surface area contributed by atoms with E-state index in [0.717, 1.165) is 11.1 Å². The Morgan fingerprint density at radius 1 is 1.10 bits per heavy atom. The van der Waals surface area contributed by atoms with Gasteiger partial charge in [-0.05, 0) is 29.8 Å². The van der Waals surface area contributed by atoms with Crippen molar-refractivity contribution in [2.24, 2.45) is 0 Å². The van der Waals surface area contributed by atoms with Gasteiger partial charge in [-0.2, -0.15) is 5.26 Å². The van der Waals surface area contributed by atoms with Crippen LogP contribution in [0.15, 0.2) is 53.5 Å². The Balaban J connectivity index is 2.34. The number of phenols is 1. The molecule has 0 saturated heterocycles. The summed E-state index contributed by atoms with van der Waals surface area (Å²) in [6, 6.07) is 13.9. The van der Waals surface area contributed by atoms with E-state index >= 15 is 0 Å². The summed E-state index contributed by atoms with van der Waals surface area (Å²) in [6.07, 6.45) is 1.58. The maximum absolute atomic E-state index is 11.8. The highest BCUT2D eigenvalue weighted by Crippen LogP contribution is 2.32. The molecular formula is C16H10N2O2. The van der Waals surface area contributed by atoms with Crippen LogP contribution in [0.1, 0.15) is 5.56 Å². The van der Waals surface area contributed by atoms with Gasteiger partial charge in [0.05, 0.1) is 17.0 Å². The molecule has 0 aliphatic rings. The van der Waals surface area contributed by atoms with E-state index in [0.29, 0.717) is 16.3 Å². The third-order valence-electron chi connectivity index (χ3n) is 3.23. The minimum Gasteiger partial charge on any atom is -0.507 e. The van der Waals surface area contributed by atoms with E-state index in [-0.39, 0.29) is 11.3 Å². The first kappa shape index (κ1) is 12.0. The fourth-order valence-corrected chi connectivity index (χ4v) is 2.25. The van der Waals surface area contributed by atoms with Gasteiger partial charge in [0.25, 0.3) is 5.56 Å². The van der Waals surface area contributed by atoms with E-state index in [2.05, 4.69) is 11.1 Å². The normalized spacial score (nSPS) is 10.3. The van der Waals surface area contributed by atoms with Gasteiger partial charge < -0.3 is 10.1 Å². The fourth-order valence-electron chi connectivity index (χ4n) is 2.25. The number of benzene rings is 2. The minimum absolute atomic E-state index is 0.0629. The van der Waals surface area contributed by atoms with Crippen LogP contribution < -0.4 is 5.56 Å². The second kappa shape index (κ2) is 4.56. The Morgan fingerprint density at radius 2 is 1.85 bits per heavy atom. The van der Waals surface area contributed by atoms with Gasteiger partial charge in [-0.15, -0.1) is 0 Å². The van der Waals surface area contributed by atoms with Crippen LogP contribution in [0.5, 0.6) is 5.75 Å². The Kier molecular flexibility index (Phi) is 2.73. The molecule has 4 nitrogen and oxygen atoms in total. The number of rotatable bonds is 1. The summed E-state index contributed by atoms with van der Waals surface area (Å²) in [7, 11) is 0. The second-order valence-electron chi connectivity index (χ2n) is 4.42. The van der Waals surface area contributed by atoms with E-state index in [9.17, 15) is 9.90 Å². The first-order valence-electron chi connectivity index (χ1n) is 6.04. The molecular weight excluding hydrogens is 252 g/mol. The molecule has 2 aromatic carbocycles. The molecule has 0 unspecified atom stereocenters. The maximum atomic E-state index is 11.8. The van der Waals surface area contributed by atoms with Crippen LogP contribution in [-0.4, -0.2) is 10.1 Å². The Morgan fingerprint density at radius 3 is 2.55 bits per heavy atom. The van der Waals surface area contributed by atoms with E-state index in [1.54, 1.807) is 48.7 Å². The van der Waals surface area contributed by atoms with Crippen LogP contribution in [0.4, 0.5) is 0 Å². The number of pyridine rings is 1. The molecule has 0 bridgehead atoms. The molecule has 3 aromatic rings. The summed E-state index contributed by atoms with van der Waals surface area (Å²) in [4.78, 5) is 14.5. The zero-order chi connectivity index (χ0) is 14.1. The van der Waals surface area contributed by atoms with E-state index in [1.165, 1.54) is 0 Å². The molecule has 3 rings (SSSR count). The molecule has 4 heteroatoms. The molecule has 0 radical (unpaired) electrons. The van der Waals surface area contributed by atoms with E-state index in [4.69, 9.17) is 5.26 Å². The van der Waals surface area contributed by atoms with Gasteiger partial charge in [0.1, 0.15) is 5.75 Å². The lowest BCUT2D eigenvalue weighted by molar-refractivity contribution is 0.481. The van der Waals surface area contributed by atoms with Gasteiger partial charge in [-0.25, -0.2) is 0 Å². The number of nitriles is 1. The number of aromatic hydroxyl groups is 1. The largest absolute Gasteiger partial charge is 0.507 e. The lowest BCUT2D eigenvalue weighted by atomic mass is 9.99. The summed E-state index contributed by atoms with van der Waals surface area (Å²) in [5, 5.41) is 19.8. The van der Waals surface area contributed by atoms with Crippen molar-refractivity contribution in [1.82, 2.24) is 4.98 Å². The van der Waals surface area contributed by atoms with Gasteiger partial charge >= 0.3 is 0 Å². The van der Waals surface area contributed by atoms with Crippen LogP contribution in [0, 0.1) is 11.3 Å². The van der Waals surface area contributed by atoms with Crippen molar-refractivity contribution in [3.63, 3.8) is 0 Å². The predicted octanol–water partition coefficient (Wildman–Crippen LogP) is 2.77. The Bertz CT molecular complexity index is 887. The summed E-state index contributed by atoms with van der Waals surface area (Å²) in [5.74, 6) is 0.0629. The Hall–Kier alpha value is -3.06. The highest BCUT2D eigenvalue weighted by molar-refractivity contribution is 5.99. The zero-order valence-electron chi connectivity index (χ0n) is 10.4. The van der Waals surface area contributed by atoms with Gasteiger partial charge in [0.2, 0.25) is 0 Å². The third kappa shape index (κ3) is 1.82. The highest BCUT2D eigenvalue weighted by atomic mass is 16.3. The molecule has 0 atom stereocenters. The van der Waals surface area contributed by atoms with Crippen LogP contribution in [0.25, 0.3) is 21.9 Å². The number of aromatic nitrogens is 1. The number of H-pyrrole nitrogens is 1. The number of hydrogen-bond donors (Lipinski definition) is 2. The highest BCUT2D eigenvalue weighted by Gasteiger charge is 2.10. The summed E-state index contributed by atoms with van der Waals surface area (Å²) in [6.45, 7) is 0. The molecule has 96 valence electrons. The summed E-state index contributed by atoms with van der Waals surface area (Å²) in [5.41, 5.74) is 1.87. The van der Waals surface area contributed by atoms with Crippen LogP contribution in [-0.2, 0) is 0 Å². The van der Waals surface area contributed by atoms with Crippen molar-refractivity contribution < 1.29 is 5.11 Å². The molecule has 0 aliphatic carbocycles. The smallest absolute Gasteiger partial charge is 0.255 e. The van der Waals surface area contributed by atoms with Gasteiger partial charge in [0.15, 0.2) is 0 Å². The third-order valence-corrected chi connectivity index (χ3v) is 3.23. The van der Waals surface area contributed by atoms with Crippen molar-refractivity contribution in [3.05, 3.63) is 64.6 Å². The standard InChI is InChI=1S/C16H10N2O2/c17-8-10-4-6-11(7-5-10)13-9-18-16(20)12-2-1-3-14(19)15(12)13/h1-7,9,19H,(H,18,20). The van der Waals surface area contributed by atoms with Crippen LogP contribution in [0.3, 0.4) is 0 Å². The lowest BCUT2D eigenvalue weighted by Gasteiger charge is -2.08. The number of aromatic amines is 1. The number of phenolic OH excluding ortho intramolecular Hbond substituents is 1. The molecule has 1 aromatic heterocycles. The molecule has 1 heterocycles. The molecule has 2 N–H and O–H groups in total. The van der Waals surface area contributed by atoms with Crippen molar-refractivity contribution in [1.29, 1.82) is 5.26 Å². The Labute approximate surface area is 114 Å².